The van der Waals surface area contributed by atoms with Crippen molar-refractivity contribution in [3.8, 4) is 0 Å². The molecule has 38 heavy (non-hydrogen) atoms. The number of benzene rings is 2. The molecule has 1 amide bonds. The van der Waals surface area contributed by atoms with Gasteiger partial charge >= 0.3 is 0 Å². The van der Waals surface area contributed by atoms with E-state index < -0.39 is 8.07 Å². The SMILES string of the molecule is C[Si](C)(C)CCOCn1nnc2cc(CN3C(=O)c4ccccc4C3Cc3nn(C4CC4)cc3Cl)ccc21. The predicted octanol–water partition coefficient (Wildman–Crippen LogP) is 5.87. The Morgan fingerprint density at radius 3 is 2.74 bits per heavy atom. The summed E-state index contributed by atoms with van der Waals surface area (Å²) in [6.45, 7) is 8.60. The topological polar surface area (TPSA) is 78.1 Å². The van der Waals surface area contributed by atoms with Crippen molar-refractivity contribution in [2.45, 2.75) is 70.3 Å². The summed E-state index contributed by atoms with van der Waals surface area (Å²) >= 11 is 6.59. The first-order valence-electron chi connectivity index (χ1n) is 13.3. The zero-order chi connectivity index (χ0) is 26.4. The third-order valence-corrected chi connectivity index (χ3v) is 9.41. The summed E-state index contributed by atoms with van der Waals surface area (Å²) in [4.78, 5) is 15.4. The molecule has 1 aliphatic carbocycles. The second-order valence-electron chi connectivity index (χ2n) is 11.6. The fourth-order valence-corrected chi connectivity index (χ4v) is 6.01. The normalized spacial score (nSPS) is 17.5. The Bertz CT molecular complexity index is 1490. The van der Waals surface area contributed by atoms with Crippen molar-refractivity contribution in [3.05, 3.63) is 76.1 Å². The van der Waals surface area contributed by atoms with E-state index in [0.29, 0.717) is 30.8 Å². The van der Waals surface area contributed by atoms with Crippen LogP contribution in [0.15, 0.2) is 48.7 Å². The average molecular weight is 549 g/mol. The molecule has 1 fully saturated rings. The van der Waals surface area contributed by atoms with Crippen molar-refractivity contribution in [2.24, 2.45) is 0 Å². The molecule has 4 aromatic rings. The van der Waals surface area contributed by atoms with Gasteiger partial charge in [-0.1, -0.05) is 60.7 Å². The maximum Gasteiger partial charge on any atom is 0.255 e. The molecular weight excluding hydrogens is 516 g/mol. The number of carbonyl (C=O) groups excluding carboxylic acids is 1. The molecule has 1 unspecified atom stereocenters. The predicted molar refractivity (Wildman–Crippen MR) is 150 cm³/mol. The van der Waals surface area contributed by atoms with E-state index in [9.17, 15) is 4.79 Å². The second kappa shape index (κ2) is 9.94. The van der Waals surface area contributed by atoms with Crippen molar-refractivity contribution < 1.29 is 9.53 Å². The molecule has 6 rings (SSSR count). The van der Waals surface area contributed by atoms with Gasteiger partial charge in [-0.15, -0.1) is 5.10 Å². The highest BCUT2D eigenvalue weighted by atomic mass is 35.5. The minimum absolute atomic E-state index is 0.0305. The molecule has 0 bridgehead atoms. The van der Waals surface area contributed by atoms with E-state index in [0.717, 1.165) is 58.9 Å². The Hall–Kier alpha value is -3.01. The number of fused-ring (bicyclic) bond motifs is 2. The van der Waals surface area contributed by atoms with Gasteiger partial charge < -0.3 is 9.64 Å². The summed E-state index contributed by atoms with van der Waals surface area (Å²) in [5.74, 6) is 0.0305. The molecule has 10 heteroatoms. The highest BCUT2D eigenvalue weighted by Crippen LogP contribution is 2.40. The summed E-state index contributed by atoms with van der Waals surface area (Å²) in [5.41, 5.74) is 5.33. The van der Waals surface area contributed by atoms with Crippen LogP contribution in [0, 0.1) is 0 Å². The summed E-state index contributed by atoms with van der Waals surface area (Å²) in [6, 6.07) is 15.4. The van der Waals surface area contributed by atoms with Gasteiger partial charge in [0, 0.05) is 39.4 Å². The van der Waals surface area contributed by atoms with Crippen LogP contribution in [0.1, 0.15) is 52.1 Å². The van der Waals surface area contributed by atoms with Crippen LogP contribution in [0.5, 0.6) is 0 Å². The van der Waals surface area contributed by atoms with Gasteiger partial charge in [-0.3, -0.25) is 9.48 Å². The zero-order valence-corrected chi connectivity index (χ0v) is 23.9. The summed E-state index contributed by atoms with van der Waals surface area (Å²) in [5, 5.41) is 14.1. The molecule has 2 aromatic carbocycles. The van der Waals surface area contributed by atoms with Crippen molar-refractivity contribution in [2.75, 3.05) is 6.61 Å². The first-order valence-corrected chi connectivity index (χ1v) is 17.4. The van der Waals surface area contributed by atoms with Gasteiger partial charge in [0.1, 0.15) is 12.2 Å². The number of halogens is 1. The number of carbonyl (C=O) groups is 1. The maximum absolute atomic E-state index is 13.5. The Kier molecular flexibility index (Phi) is 6.61. The van der Waals surface area contributed by atoms with Crippen molar-refractivity contribution in [1.82, 2.24) is 29.7 Å². The fraction of sp³-hybridized carbons (Fsp3) is 0.429. The summed E-state index contributed by atoms with van der Waals surface area (Å²) in [6.07, 6.45) is 4.79. The molecular formula is C28H33ClN6O2Si. The van der Waals surface area contributed by atoms with E-state index >= 15 is 0 Å². The molecule has 1 atom stereocenters. The molecule has 198 valence electrons. The Morgan fingerprint density at radius 2 is 1.95 bits per heavy atom. The highest BCUT2D eigenvalue weighted by molar-refractivity contribution is 6.76. The van der Waals surface area contributed by atoms with E-state index in [1.165, 1.54) is 0 Å². The first kappa shape index (κ1) is 25.3. The van der Waals surface area contributed by atoms with Gasteiger partial charge in [0.05, 0.1) is 28.3 Å². The second-order valence-corrected chi connectivity index (χ2v) is 17.7. The molecule has 2 aromatic heterocycles. The number of rotatable bonds is 10. The van der Waals surface area contributed by atoms with Gasteiger partial charge in [0.2, 0.25) is 0 Å². The van der Waals surface area contributed by atoms with E-state index in [-0.39, 0.29) is 11.9 Å². The lowest BCUT2D eigenvalue weighted by Gasteiger charge is -2.25. The third-order valence-electron chi connectivity index (χ3n) is 7.39. The Labute approximate surface area is 228 Å². The minimum Gasteiger partial charge on any atom is -0.359 e. The fourth-order valence-electron chi connectivity index (χ4n) is 5.04. The van der Waals surface area contributed by atoms with Crippen molar-refractivity contribution in [1.29, 1.82) is 0 Å². The zero-order valence-electron chi connectivity index (χ0n) is 22.1. The lowest BCUT2D eigenvalue weighted by molar-refractivity contribution is 0.0708. The molecule has 3 heterocycles. The van der Waals surface area contributed by atoms with Crippen LogP contribution in [-0.4, -0.2) is 50.3 Å². The smallest absolute Gasteiger partial charge is 0.255 e. The molecule has 1 saturated carbocycles. The highest BCUT2D eigenvalue weighted by Gasteiger charge is 2.37. The van der Waals surface area contributed by atoms with Crippen LogP contribution in [0.2, 0.25) is 30.7 Å². The van der Waals surface area contributed by atoms with Crippen LogP contribution < -0.4 is 0 Å². The Balaban J connectivity index is 1.21. The number of hydrogen-bond donors (Lipinski definition) is 0. The lowest BCUT2D eigenvalue weighted by Crippen LogP contribution is -2.29. The standard InChI is InChI=1S/C28H33ClN6O2Si/c1-38(2,3)13-12-37-18-35-26-11-8-19(14-25(26)30-32-35)16-33-27(21-6-4-5-7-22(21)28(33)36)15-24-23(29)17-34(31-24)20-9-10-20/h4-8,11,14,17,20,27H,9-10,12-13,15-16,18H2,1-3H3. The molecule has 2 aliphatic rings. The van der Waals surface area contributed by atoms with Crippen LogP contribution in [-0.2, 0) is 24.4 Å². The largest absolute Gasteiger partial charge is 0.359 e. The molecule has 0 N–H and O–H groups in total. The van der Waals surface area contributed by atoms with Gasteiger partial charge in [-0.25, -0.2) is 4.68 Å². The monoisotopic (exact) mass is 548 g/mol. The third kappa shape index (κ3) is 5.15. The number of amides is 1. The number of ether oxygens (including phenoxy) is 1. The summed E-state index contributed by atoms with van der Waals surface area (Å²) < 4.78 is 9.65. The van der Waals surface area contributed by atoms with Gasteiger partial charge in [0.25, 0.3) is 5.91 Å². The Morgan fingerprint density at radius 1 is 1.13 bits per heavy atom. The average Bonchev–Trinajstić information content (AvgIpc) is 3.50. The van der Waals surface area contributed by atoms with Crippen LogP contribution in [0.25, 0.3) is 11.0 Å². The number of nitrogens with zero attached hydrogens (tertiary/aromatic N) is 6. The molecule has 1 aliphatic heterocycles. The van der Waals surface area contributed by atoms with Crippen molar-refractivity contribution in [3.63, 3.8) is 0 Å². The van der Waals surface area contributed by atoms with Crippen LogP contribution in [0.3, 0.4) is 0 Å². The van der Waals surface area contributed by atoms with Crippen LogP contribution in [0.4, 0.5) is 0 Å². The van der Waals surface area contributed by atoms with E-state index in [1.54, 1.807) is 4.68 Å². The molecule has 0 radical (unpaired) electrons. The van der Waals surface area contributed by atoms with Gasteiger partial charge in [-0.2, -0.15) is 5.10 Å². The van der Waals surface area contributed by atoms with E-state index in [1.807, 2.05) is 58.2 Å². The number of aromatic nitrogens is 5. The maximum atomic E-state index is 13.5. The van der Waals surface area contributed by atoms with Gasteiger partial charge in [-0.05, 0) is 48.2 Å². The quantitative estimate of drug-likeness (QED) is 0.183. The van der Waals surface area contributed by atoms with Gasteiger partial charge in [0.15, 0.2) is 0 Å². The first-order chi connectivity index (χ1) is 18.3. The molecule has 0 spiro atoms. The van der Waals surface area contributed by atoms with Crippen molar-refractivity contribution >= 4 is 36.6 Å². The van der Waals surface area contributed by atoms with E-state index in [4.69, 9.17) is 21.4 Å². The minimum atomic E-state index is -1.14. The summed E-state index contributed by atoms with van der Waals surface area (Å²) in [7, 11) is -1.14. The molecule has 0 saturated heterocycles. The lowest BCUT2D eigenvalue weighted by atomic mass is 10.0. The van der Waals surface area contributed by atoms with E-state index in [2.05, 4.69) is 30.0 Å². The van der Waals surface area contributed by atoms with Crippen LogP contribution >= 0.6 is 11.6 Å². The number of hydrogen-bond acceptors (Lipinski definition) is 5. The molecule has 8 nitrogen and oxygen atoms in total.